The van der Waals surface area contributed by atoms with Crippen molar-refractivity contribution >= 4 is 11.0 Å². The van der Waals surface area contributed by atoms with Crippen LogP contribution in [0, 0.1) is 6.92 Å². The molecule has 2 heterocycles. The lowest BCUT2D eigenvalue weighted by Gasteiger charge is -2.13. The standard InChI is InChI=1S/C16H17N3O2/c1-10-4-5-13-11(6-10)7-14(21-13)16(17-2)12-8-15(20-3)19-9-18-12/h4-9,16-17H,1-3H3. The van der Waals surface area contributed by atoms with Gasteiger partial charge in [-0.05, 0) is 32.2 Å². The third kappa shape index (κ3) is 2.60. The maximum Gasteiger partial charge on any atom is 0.216 e. The summed E-state index contributed by atoms with van der Waals surface area (Å²) < 4.78 is 11.1. The minimum Gasteiger partial charge on any atom is -0.481 e. The number of ether oxygens (including phenoxy) is 1. The van der Waals surface area contributed by atoms with Crippen molar-refractivity contribution in [2.75, 3.05) is 14.2 Å². The van der Waals surface area contributed by atoms with Crippen LogP contribution in [-0.2, 0) is 0 Å². The maximum absolute atomic E-state index is 5.94. The second kappa shape index (κ2) is 5.54. The van der Waals surface area contributed by atoms with Gasteiger partial charge in [0.2, 0.25) is 5.88 Å². The van der Waals surface area contributed by atoms with E-state index in [0.717, 1.165) is 22.4 Å². The van der Waals surface area contributed by atoms with E-state index in [4.69, 9.17) is 9.15 Å². The average Bonchev–Trinajstić information content (AvgIpc) is 2.91. The van der Waals surface area contributed by atoms with Gasteiger partial charge in [0, 0.05) is 11.5 Å². The molecule has 21 heavy (non-hydrogen) atoms. The zero-order valence-electron chi connectivity index (χ0n) is 12.3. The molecular formula is C16H17N3O2. The Hall–Kier alpha value is -2.40. The van der Waals surface area contributed by atoms with Crippen molar-refractivity contribution in [3.63, 3.8) is 0 Å². The Labute approximate surface area is 123 Å². The van der Waals surface area contributed by atoms with Crippen molar-refractivity contribution in [1.82, 2.24) is 15.3 Å². The summed E-state index contributed by atoms with van der Waals surface area (Å²) >= 11 is 0. The number of hydrogen-bond acceptors (Lipinski definition) is 5. The van der Waals surface area contributed by atoms with E-state index in [-0.39, 0.29) is 6.04 Å². The molecule has 0 aliphatic carbocycles. The van der Waals surface area contributed by atoms with Gasteiger partial charge in [-0.3, -0.25) is 0 Å². The Morgan fingerprint density at radius 3 is 2.81 bits per heavy atom. The summed E-state index contributed by atoms with van der Waals surface area (Å²) in [6, 6.07) is 9.83. The summed E-state index contributed by atoms with van der Waals surface area (Å²) in [6.45, 7) is 2.07. The molecule has 0 saturated carbocycles. The van der Waals surface area contributed by atoms with Gasteiger partial charge in [-0.2, -0.15) is 0 Å². The first kappa shape index (κ1) is 13.6. The lowest BCUT2D eigenvalue weighted by molar-refractivity contribution is 0.394. The quantitative estimate of drug-likeness (QED) is 0.797. The Bertz CT molecular complexity index is 767. The maximum atomic E-state index is 5.94. The van der Waals surface area contributed by atoms with Crippen LogP contribution in [0.4, 0.5) is 0 Å². The van der Waals surface area contributed by atoms with E-state index < -0.39 is 0 Å². The molecule has 3 rings (SSSR count). The molecule has 1 atom stereocenters. The van der Waals surface area contributed by atoms with E-state index in [1.54, 1.807) is 13.2 Å². The fourth-order valence-corrected chi connectivity index (χ4v) is 2.38. The average molecular weight is 283 g/mol. The predicted octanol–water partition coefficient (Wildman–Crippen LogP) is 2.85. The fraction of sp³-hybridized carbons (Fsp3) is 0.250. The molecule has 0 aliphatic rings. The molecule has 3 aromatic rings. The number of hydrogen-bond donors (Lipinski definition) is 1. The van der Waals surface area contributed by atoms with Gasteiger partial charge in [-0.25, -0.2) is 9.97 Å². The third-order valence-electron chi connectivity index (χ3n) is 3.43. The van der Waals surface area contributed by atoms with Gasteiger partial charge in [-0.1, -0.05) is 11.6 Å². The molecule has 1 N–H and O–H groups in total. The molecule has 0 amide bonds. The van der Waals surface area contributed by atoms with Crippen LogP contribution in [-0.4, -0.2) is 24.1 Å². The van der Waals surface area contributed by atoms with Crippen LogP contribution in [0.5, 0.6) is 5.88 Å². The van der Waals surface area contributed by atoms with E-state index in [1.807, 2.05) is 25.2 Å². The van der Waals surface area contributed by atoms with Gasteiger partial charge in [-0.15, -0.1) is 0 Å². The number of nitrogens with zero attached hydrogens (tertiary/aromatic N) is 2. The van der Waals surface area contributed by atoms with Crippen LogP contribution < -0.4 is 10.1 Å². The molecule has 0 aliphatic heterocycles. The first-order valence-electron chi connectivity index (χ1n) is 6.74. The van der Waals surface area contributed by atoms with Gasteiger partial charge >= 0.3 is 0 Å². The highest BCUT2D eigenvalue weighted by Crippen LogP contribution is 2.28. The van der Waals surface area contributed by atoms with E-state index in [2.05, 4.69) is 28.3 Å². The van der Waals surface area contributed by atoms with Gasteiger partial charge in [0.25, 0.3) is 0 Å². The fourth-order valence-electron chi connectivity index (χ4n) is 2.38. The van der Waals surface area contributed by atoms with Crippen molar-refractivity contribution in [2.45, 2.75) is 13.0 Å². The molecule has 1 aromatic carbocycles. The number of benzene rings is 1. The number of rotatable bonds is 4. The molecular weight excluding hydrogens is 266 g/mol. The summed E-state index contributed by atoms with van der Waals surface area (Å²) in [5.74, 6) is 1.35. The van der Waals surface area contributed by atoms with Crippen LogP contribution in [0.3, 0.4) is 0 Å². The van der Waals surface area contributed by atoms with Crippen molar-refractivity contribution in [3.8, 4) is 5.88 Å². The largest absolute Gasteiger partial charge is 0.481 e. The second-order valence-electron chi connectivity index (χ2n) is 4.90. The summed E-state index contributed by atoms with van der Waals surface area (Å²) in [6.07, 6.45) is 1.49. The molecule has 5 nitrogen and oxygen atoms in total. The molecule has 2 aromatic heterocycles. The van der Waals surface area contributed by atoms with E-state index >= 15 is 0 Å². The van der Waals surface area contributed by atoms with Gasteiger partial charge in [0.1, 0.15) is 23.7 Å². The molecule has 0 bridgehead atoms. The predicted molar refractivity (Wildman–Crippen MR) is 80.4 cm³/mol. The zero-order valence-corrected chi connectivity index (χ0v) is 12.3. The number of aromatic nitrogens is 2. The van der Waals surface area contributed by atoms with E-state index in [9.17, 15) is 0 Å². The minimum absolute atomic E-state index is 0.144. The SMILES string of the molecule is CNC(c1cc(OC)ncn1)c1cc2cc(C)ccc2o1. The van der Waals surface area contributed by atoms with Crippen LogP contribution in [0.15, 0.2) is 41.1 Å². The monoisotopic (exact) mass is 283 g/mol. The first-order valence-corrected chi connectivity index (χ1v) is 6.74. The number of aryl methyl sites for hydroxylation is 1. The summed E-state index contributed by atoms with van der Waals surface area (Å²) in [5.41, 5.74) is 2.89. The van der Waals surface area contributed by atoms with Gasteiger partial charge < -0.3 is 14.5 Å². The number of furan rings is 1. The summed E-state index contributed by atoms with van der Waals surface area (Å²) in [4.78, 5) is 8.34. The van der Waals surface area contributed by atoms with Crippen molar-refractivity contribution in [2.24, 2.45) is 0 Å². The van der Waals surface area contributed by atoms with Gasteiger partial charge in [0.05, 0.1) is 12.8 Å². The molecule has 0 fully saturated rings. The highest BCUT2D eigenvalue weighted by Gasteiger charge is 2.19. The van der Waals surface area contributed by atoms with E-state index in [0.29, 0.717) is 5.88 Å². The second-order valence-corrected chi connectivity index (χ2v) is 4.90. The highest BCUT2D eigenvalue weighted by atomic mass is 16.5. The molecule has 0 saturated heterocycles. The third-order valence-corrected chi connectivity index (χ3v) is 3.43. The normalized spacial score (nSPS) is 12.5. The van der Waals surface area contributed by atoms with Crippen LogP contribution in [0.1, 0.15) is 23.1 Å². The molecule has 5 heteroatoms. The van der Waals surface area contributed by atoms with Crippen LogP contribution in [0.25, 0.3) is 11.0 Å². The van der Waals surface area contributed by atoms with Crippen molar-refractivity contribution < 1.29 is 9.15 Å². The Morgan fingerprint density at radius 2 is 2.05 bits per heavy atom. The Morgan fingerprint density at radius 1 is 1.19 bits per heavy atom. The summed E-state index contributed by atoms with van der Waals surface area (Å²) in [7, 11) is 3.46. The zero-order chi connectivity index (χ0) is 14.8. The lowest BCUT2D eigenvalue weighted by atomic mass is 10.1. The smallest absolute Gasteiger partial charge is 0.216 e. The number of nitrogens with one attached hydrogen (secondary N) is 1. The van der Waals surface area contributed by atoms with Gasteiger partial charge in [0.15, 0.2) is 0 Å². The van der Waals surface area contributed by atoms with Crippen molar-refractivity contribution in [3.05, 3.63) is 53.7 Å². The van der Waals surface area contributed by atoms with Crippen molar-refractivity contribution in [1.29, 1.82) is 0 Å². The Kier molecular flexibility index (Phi) is 3.58. The van der Waals surface area contributed by atoms with Crippen LogP contribution >= 0.6 is 0 Å². The Balaban J connectivity index is 2.04. The number of methoxy groups -OCH3 is 1. The molecule has 1 unspecified atom stereocenters. The van der Waals surface area contributed by atoms with Crippen LogP contribution in [0.2, 0.25) is 0 Å². The first-order chi connectivity index (χ1) is 10.2. The molecule has 0 spiro atoms. The minimum atomic E-state index is -0.144. The molecule has 0 radical (unpaired) electrons. The molecule has 108 valence electrons. The topological polar surface area (TPSA) is 60.2 Å². The highest BCUT2D eigenvalue weighted by molar-refractivity contribution is 5.78. The number of fused-ring (bicyclic) bond motifs is 1. The summed E-state index contributed by atoms with van der Waals surface area (Å²) in [5, 5.41) is 4.31. The van der Waals surface area contributed by atoms with E-state index in [1.165, 1.54) is 11.9 Å². The lowest BCUT2D eigenvalue weighted by Crippen LogP contribution is -2.18.